The molecule has 4 heteroatoms. The lowest BCUT2D eigenvalue weighted by atomic mass is 10.2. The molecule has 0 fully saturated rings. The van der Waals surface area contributed by atoms with Gasteiger partial charge in [-0.25, -0.2) is 0 Å². The van der Waals surface area contributed by atoms with Crippen LogP contribution >= 0.6 is 0 Å². The molecule has 102 valence electrons. The smallest absolute Gasteiger partial charge is 0.371 e. The van der Waals surface area contributed by atoms with Gasteiger partial charge in [0.15, 0.2) is 0 Å². The fourth-order valence-electron chi connectivity index (χ4n) is 1.61. The zero-order valence-corrected chi connectivity index (χ0v) is 12.8. The molecule has 0 aromatic rings. The van der Waals surface area contributed by atoms with Crippen LogP contribution in [0.3, 0.4) is 0 Å². The molecule has 0 N–H and O–H groups in total. The van der Waals surface area contributed by atoms with Gasteiger partial charge in [-0.05, 0) is 39.3 Å². The van der Waals surface area contributed by atoms with Crippen molar-refractivity contribution in [1.82, 2.24) is 0 Å². The molecule has 0 amide bonds. The Hall–Kier alpha value is -0.163. The fraction of sp³-hybridized carbons (Fsp3) is 0.846. The molecular formula is C13H28O3Si. The van der Waals surface area contributed by atoms with Crippen LogP contribution in [0.1, 0.15) is 53.4 Å². The molecule has 0 heterocycles. The van der Waals surface area contributed by atoms with E-state index in [0.717, 1.165) is 6.42 Å². The minimum atomic E-state index is -2.54. The Labute approximate surface area is 108 Å². The van der Waals surface area contributed by atoms with E-state index in [2.05, 4.69) is 13.0 Å². The van der Waals surface area contributed by atoms with Crippen LogP contribution < -0.4 is 0 Å². The third-order valence-corrected chi connectivity index (χ3v) is 5.05. The van der Waals surface area contributed by atoms with Gasteiger partial charge in [-0.15, -0.1) is 0 Å². The Morgan fingerprint density at radius 1 is 0.824 bits per heavy atom. The first-order chi connectivity index (χ1) is 8.24. The topological polar surface area (TPSA) is 27.7 Å². The monoisotopic (exact) mass is 260 g/mol. The number of unbranched alkanes of at least 4 members (excludes halogenated alkanes) is 3. The largest absolute Gasteiger partial charge is 0.529 e. The lowest BCUT2D eigenvalue weighted by Crippen LogP contribution is -2.44. The van der Waals surface area contributed by atoms with Crippen LogP contribution in [0.5, 0.6) is 0 Å². The van der Waals surface area contributed by atoms with E-state index in [1.54, 1.807) is 0 Å². The molecule has 0 saturated carbocycles. The molecule has 0 aliphatic carbocycles. The molecule has 0 saturated heterocycles. The van der Waals surface area contributed by atoms with Gasteiger partial charge >= 0.3 is 8.80 Å². The highest BCUT2D eigenvalue weighted by molar-refractivity contribution is 6.66. The maximum Gasteiger partial charge on any atom is 0.529 e. The van der Waals surface area contributed by atoms with E-state index in [-0.39, 0.29) is 0 Å². The normalized spacial score (nSPS) is 12.5. The third kappa shape index (κ3) is 7.71. The van der Waals surface area contributed by atoms with Crippen molar-refractivity contribution in [2.45, 2.75) is 53.4 Å². The van der Waals surface area contributed by atoms with Gasteiger partial charge in [-0.1, -0.05) is 25.8 Å². The molecule has 0 atom stereocenters. The Kier molecular flexibility index (Phi) is 10.9. The van der Waals surface area contributed by atoms with Crippen LogP contribution in [0, 0.1) is 0 Å². The van der Waals surface area contributed by atoms with Crippen molar-refractivity contribution in [2.24, 2.45) is 0 Å². The van der Waals surface area contributed by atoms with Gasteiger partial charge in [-0.3, -0.25) is 0 Å². The Morgan fingerprint density at radius 3 is 1.76 bits per heavy atom. The van der Waals surface area contributed by atoms with Crippen LogP contribution in [0.2, 0.25) is 0 Å². The van der Waals surface area contributed by atoms with Gasteiger partial charge in [0, 0.05) is 19.8 Å². The number of hydrogen-bond donors (Lipinski definition) is 0. The summed E-state index contributed by atoms with van der Waals surface area (Å²) in [6.07, 6.45) is 6.98. The van der Waals surface area contributed by atoms with E-state index >= 15 is 0 Å². The highest BCUT2D eigenvalue weighted by atomic mass is 28.4. The van der Waals surface area contributed by atoms with E-state index in [4.69, 9.17) is 13.3 Å². The molecule has 0 aromatic carbocycles. The number of hydrogen-bond acceptors (Lipinski definition) is 3. The quantitative estimate of drug-likeness (QED) is 0.419. The average Bonchev–Trinajstić information content (AvgIpc) is 2.30. The van der Waals surface area contributed by atoms with Gasteiger partial charge in [-0.2, -0.15) is 0 Å². The van der Waals surface area contributed by atoms with E-state index in [0.29, 0.717) is 19.8 Å². The first-order valence-electron chi connectivity index (χ1n) is 6.84. The van der Waals surface area contributed by atoms with Gasteiger partial charge in [0.2, 0.25) is 0 Å². The van der Waals surface area contributed by atoms with Crippen LogP contribution in [0.4, 0.5) is 0 Å². The Bertz CT molecular complexity index is 178. The second kappa shape index (κ2) is 11.0. The van der Waals surface area contributed by atoms with Crippen LogP contribution in [-0.2, 0) is 13.3 Å². The number of rotatable bonds is 11. The SMILES string of the molecule is CCCCC/C=C\[Si](OCC)(OCC)OCC. The summed E-state index contributed by atoms with van der Waals surface area (Å²) in [6.45, 7) is 10.0. The summed E-state index contributed by atoms with van der Waals surface area (Å²) in [5, 5.41) is 0. The zero-order chi connectivity index (χ0) is 13.0. The molecule has 3 nitrogen and oxygen atoms in total. The first kappa shape index (κ1) is 16.8. The average molecular weight is 260 g/mol. The summed E-state index contributed by atoms with van der Waals surface area (Å²) in [6, 6.07) is 0. The molecule has 0 unspecified atom stereocenters. The van der Waals surface area contributed by atoms with Crippen molar-refractivity contribution in [3.8, 4) is 0 Å². The summed E-state index contributed by atoms with van der Waals surface area (Å²) in [7, 11) is -2.54. The molecule has 0 bridgehead atoms. The highest BCUT2D eigenvalue weighted by Crippen LogP contribution is 2.13. The van der Waals surface area contributed by atoms with E-state index < -0.39 is 8.80 Å². The molecule has 0 rings (SSSR count). The van der Waals surface area contributed by atoms with E-state index in [9.17, 15) is 0 Å². The lowest BCUT2D eigenvalue weighted by molar-refractivity contribution is 0.0842. The van der Waals surface area contributed by atoms with Crippen molar-refractivity contribution in [1.29, 1.82) is 0 Å². The van der Waals surface area contributed by atoms with Crippen LogP contribution in [0.25, 0.3) is 0 Å². The van der Waals surface area contributed by atoms with Crippen LogP contribution in [0.15, 0.2) is 11.8 Å². The molecule has 0 aliphatic heterocycles. The minimum Gasteiger partial charge on any atom is -0.371 e. The highest BCUT2D eigenvalue weighted by Gasteiger charge is 2.37. The maximum absolute atomic E-state index is 5.72. The van der Waals surface area contributed by atoms with E-state index in [1.807, 2.05) is 26.5 Å². The fourth-order valence-corrected chi connectivity index (χ4v) is 3.81. The summed E-state index contributed by atoms with van der Waals surface area (Å²) in [5.74, 6) is 0. The predicted molar refractivity (Wildman–Crippen MR) is 73.9 cm³/mol. The van der Waals surface area contributed by atoms with Crippen molar-refractivity contribution in [3.05, 3.63) is 11.8 Å². The Morgan fingerprint density at radius 2 is 1.35 bits per heavy atom. The van der Waals surface area contributed by atoms with Gasteiger partial charge in [0.1, 0.15) is 0 Å². The lowest BCUT2D eigenvalue weighted by Gasteiger charge is -2.25. The van der Waals surface area contributed by atoms with E-state index in [1.165, 1.54) is 19.3 Å². The summed E-state index contributed by atoms with van der Waals surface area (Å²) in [4.78, 5) is 0. The molecule has 0 spiro atoms. The minimum absolute atomic E-state index is 0.630. The number of allylic oxidation sites excluding steroid dienone is 1. The van der Waals surface area contributed by atoms with Crippen molar-refractivity contribution in [3.63, 3.8) is 0 Å². The van der Waals surface area contributed by atoms with Crippen molar-refractivity contribution >= 4 is 8.80 Å². The maximum atomic E-state index is 5.72. The third-order valence-electron chi connectivity index (χ3n) is 2.33. The zero-order valence-electron chi connectivity index (χ0n) is 11.8. The second-order valence-corrected chi connectivity index (χ2v) is 6.21. The molecular weight excluding hydrogens is 232 g/mol. The first-order valence-corrected chi connectivity index (χ1v) is 8.64. The standard InChI is InChI=1S/C13H28O3Si/c1-5-9-10-11-12-13-17(14-6-2,15-7-3)16-8-4/h12-13H,5-11H2,1-4H3/b13-12-. The van der Waals surface area contributed by atoms with Gasteiger partial charge in [0.25, 0.3) is 0 Å². The van der Waals surface area contributed by atoms with Crippen molar-refractivity contribution in [2.75, 3.05) is 19.8 Å². The summed E-state index contributed by atoms with van der Waals surface area (Å²) >= 11 is 0. The molecule has 0 radical (unpaired) electrons. The molecule has 0 aliphatic rings. The van der Waals surface area contributed by atoms with Gasteiger partial charge < -0.3 is 13.3 Å². The predicted octanol–water partition coefficient (Wildman–Crippen LogP) is 3.71. The van der Waals surface area contributed by atoms with Gasteiger partial charge in [0.05, 0.1) is 0 Å². The summed E-state index contributed by atoms with van der Waals surface area (Å²) in [5.41, 5.74) is 2.04. The molecule has 17 heavy (non-hydrogen) atoms. The Balaban J connectivity index is 4.31. The second-order valence-electron chi connectivity index (χ2n) is 3.80. The molecule has 0 aromatic heterocycles. The van der Waals surface area contributed by atoms with Crippen molar-refractivity contribution < 1.29 is 13.3 Å². The van der Waals surface area contributed by atoms with Crippen LogP contribution in [-0.4, -0.2) is 28.6 Å². The summed E-state index contributed by atoms with van der Waals surface area (Å²) < 4.78 is 17.2.